The van der Waals surface area contributed by atoms with Crippen LogP contribution in [0.25, 0.3) is 0 Å². The second-order valence-electron chi connectivity index (χ2n) is 6.15. The summed E-state index contributed by atoms with van der Waals surface area (Å²) in [7, 11) is 0. The molecule has 2 aromatic carbocycles. The summed E-state index contributed by atoms with van der Waals surface area (Å²) in [5.41, 5.74) is -0.560. The minimum absolute atomic E-state index is 0. The van der Waals surface area contributed by atoms with Crippen LogP contribution in [0.3, 0.4) is 0 Å². The van der Waals surface area contributed by atoms with Crippen molar-refractivity contribution in [2.75, 3.05) is 0 Å². The quantitative estimate of drug-likeness (QED) is 0.185. The van der Waals surface area contributed by atoms with Crippen LogP contribution >= 0.6 is 0 Å². The number of Topliss-reactive ketones (excluding diaryl/α,β-unsaturated/α-hetero) is 2. The number of imidazole rings is 1. The van der Waals surface area contributed by atoms with Gasteiger partial charge < -0.3 is 17.0 Å². The summed E-state index contributed by atoms with van der Waals surface area (Å²) in [4.78, 5) is 45.8. The number of carbonyl (C=O) groups excluding carboxylic acids is 2. The molecular weight excluding hydrogens is 460 g/mol. The van der Waals surface area contributed by atoms with Crippen LogP contribution in [0.4, 0.5) is 11.4 Å². The zero-order valence-corrected chi connectivity index (χ0v) is 17.0. The zero-order chi connectivity index (χ0) is 21.0. The first-order valence-electron chi connectivity index (χ1n) is 8.45. The Hall–Kier alpha value is -3.73. The van der Waals surface area contributed by atoms with Crippen LogP contribution in [0.5, 0.6) is 0 Å². The van der Waals surface area contributed by atoms with E-state index in [1.807, 2.05) is 0 Å². The highest BCUT2D eigenvalue weighted by Gasteiger charge is 2.23. The maximum atomic E-state index is 12.4. The lowest BCUT2D eigenvalue weighted by molar-refractivity contribution is -0.682. The third-order valence-electron chi connectivity index (χ3n) is 4.20. The Morgan fingerprint density at radius 1 is 0.867 bits per heavy atom. The molecule has 11 heteroatoms. The number of rotatable bonds is 8. The number of halogens is 1. The second kappa shape index (κ2) is 9.65. The molecule has 0 aliphatic carbocycles. The Balaban J connectivity index is 0.00000320. The van der Waals surface area contributed by atoms with Crippen molar-refractivity contribution in [3.63, 3.8) is 0 Å². The van der Waals surface area contributed by atoms with Gasteiger partial charge in [-0.05, 0) is 12.1 Å². The maximum Gasteiger partial charge on any atom is 0.280 e. The third kappa shape index (κ3) is 5.00. The number of aromatic nitrogens is 2. The summed E-state index contributed by atoms with van der Waals surface area (Å²) in [5.74, 6) is -0.907. The summed E-state index contributed by atoms with van der Waals surface area (Å²) in [6.45, 7) is -0.310. The molecule has 3 aromatic rings. The van der Waals surface area contributed by atoms with Gasteiger partial charge in [-0.2, -0.15) is 0 Å². The number of ketones is 2. The van der Waals surface area contributed by atoms with Gasteiger partial charge in [0.15, 0.2) is 13.1 Å². The van der Waals surface area contributed by atoms with Crippen LogP contribution in [0.15, 0.2) is 67.3 Å². The van der Waals surface area contributed by atoms with E-state index in [4.69, 9.17) is 0 Å². The number of carbonyl (C=O) groups is 2. The number of nitro groups is 2. The smallest absolute Gasteiger partial charge is 0.280 e. The molecule has 10 nitrogen and oxygen atoms in total. The van der Waals surface area contributed by atoms with Crippen LogP contribution in [-0.4, -0.2) is 26.0 Å². The monoisotopic (exact) mass is 474 g/mol. The van der Waals surface area contributed by atoms with E-state index in [9.17, 15) is 29.8 Å². The molecule has 0 saturated carbocycles. The van der Waals surface area contributed by atoms with E-state index in [1.165, 1.54) is 51.9 Å². The topological polar surface area (TPSA) is 129 Å². The van der Waals surface area contributed by atoms with E-state index in [1.54, 1.807) is 24.5 Å². The number of hydrogen-bond acceptors (Lipinski definition) is 6. The first-order valence-corrected chi connectivity index (χ1v) is 8.45. The van der Waals surface area contributed by atoms with Gasteiger partial charge in [0.25, 0.3) is 11.4 Å². The Morgan fingerprint density at radius 3 is 1.90 bits per heavy atom. The molecule has 0 saturated heterocycles. The fraction of sp³-hybridized carbons (Fsp3) is 0.105. The van der Waals surface area contributed by atoms with Crippen molar-refractivity contribution < 1.29 is 41.0 Å². The highest BCUT2D eigenvalue weighted by Crippen LogP contribution is 2.19. The molecule has 3 rings (SSSR count). The lowest BCUT2D eigenvalue weighted by Gasteiger charge is -2.01. The van der Waals surface area contributed by atoms with E-state index in [2.05, 4.69) is 0 Å². The van der Waals surface area contributed by atoms with Gasteiger partial charge in [0.2, 0.25) is 17.9 Å². The standard InChI is InChI=1S/C19H15N4O6.BrH/c24-18(14-5-1-3-7-16(14)22(26)27)11-20-9-10-21(13-20)12-19(25)15-6-2-4-8-17(15)23(28)29;/h1-10,13H,11-12H2;1H/q+1;/p-1. The molecule has 1 heterocycles. The molecule has 154 valence electrons. The predicted octanol–water partition coefficient (Wildman–Crippen LogP) is -0.638. The van der Waals surface area contributed by atoms with Crippen molar-refractivity contribution in [2.24, 2.45) is 0 Å². The van der Waals surface area contributed by atoms with E-state index in [-0.39, 0.29) is 52.6 Å². The van der Waals surface area contributed by atoms with Gasteiger partial charge in [-0.1, -0.05) is 24.3 Å². The molecule has 0 radical (unpaired) electrons. The number of benzene rings is 2. The molecule has 1 aromatic heterocycles. The molecule has 0 atom stereocenters. The lowest BCUT2D eigenvalue weighted by Crippen LogP contribution is -3.00. The number of nitro benzene ring substituents is 2. The molecule has 0 N–H and O–H groups in total. The van der Waals surface area contributed by atoms with Gasteiger partial charge in [-0.15, -0.1) is 0 Å². The summed E-state index contributed by atoms with van der Waals surface area (Å²) in [5, 5.41) is 22.1. The van der Waals surface area contributed by atoms with Crippen LogP contribution in [0.1, 0.15) is 20.7 Å². The fourth-order valence-electron chi connectivity index (χ4n) is 2.87. The van der Waals surface area contributed by atoms with Crippen molar-refractivity contribution in [3.05, 3.63) is 98.6 Å². The van der Waals surface area contributed by atoms with Crippen LogP contribution in [0.2, 0.25) is 0 Å². The normalized spacial score (nSPS) is 10.1. The summed E-state index contributed by atoms with van der Waals surface area (Å²) in [6.07, 6.45) is 4.57. The lowest BCUT2D eigenvalue weighted by atomic mass is 10.1. The summed E-state index contributed by atoms with van der Waals surface area (Å²) >= 11 is 0. The Morgan fingerprint density at radius 2 is 1.37 bits per heavy atom. The van der Waals surface area contributed by atoms with Crippen molar-refractivity contribution in [1.29, 1.82) is 0 Å². The van der Waals surface area contributed by atoms with Crippen molar-refractivity contribution in [1.82, 2.24) is 4.57 Å². The average Bonchev–Trinajstić information content (AvgIpc) is 3.14. The van der Waals surface area contributed by atoms with E-state index in [0.717, 1.165) is 0 Å². The molecule has 30 heavy (non-hydrogen) atoms. The molecule has 0 unspecified atom stereocenters. The first kappa shape index (κ1) is 22.6. The fourth-order valence-corrected chi connectivity index (χ4v) is 2.87. The van der Waals surface area contributed by atoms with Crippen LogP contribution < -0.4 is 21.5 Å². The van der Waals surface area contributed by atoms with Gasteiger partial charge in [-0.3, -0.25) is 29.8 Å². The second-order valence-corrected chi connectivity index (χ2v) is 6.15. The highest BCUT2D eigenvalue weighted by atomic mass is 79.9. The van der Waals surface area contributed by atoms with Gasteiger partial charge in [0.05, 0.1) is 21.0 Å². The largest absolute Gasteiger partial charge is 1.00 e. The minimum Gasteiger partial charge on any atom is -1.00 e. The van der Waals surface area contributed by atoms with E-state index in [0.29, 0.717) is 0 Å². The van der Waals surface area contributed by atoms with E-state index < -0.39 is 21.4 Å². The Bertz CT molecular complexity index is 1040. The average molecular weight is 475 g/mol. The molecule has 0 bridgehead atoms. The van der Waals surface area contributed by atoms with Gasteiger partial charge in [-0.25, -0.2) is 9.13 Å². The minimum atomic E-state index is -0.617. The summed E-state index contributed by atoms with van der Waals surface area (Å²) < 4.78 is 2.96. The zero-order valence-electron chi connectivity index (χ0n) is 15.4. The highest BCUT2D eigenvalue weighted by molar-refractivity contribution is 6.00. The van der Waals surface area contributed by atoms with Crippen LogP contribution in [0, 0.1) is 20.2 Å². The Kier molecular flexibility index (Phi) is 7.26. The van der Waals surface area contributed by atoms with E-state index >= 15 is 0 Å². The molecule has 0 aliphatic rings. The summed E-state index contributed by atoms with van der Waals surface area (Å²) in [6, 6.07) is 11.3. The molecular formula is C19H15BrN4O6. The van der Waals surface area contributed by atoms with Gasteiger partial charge in [0.1, 0.15) is 12.4 Å². The first-order chi connectivity index (χ1) is 13.9. The number of nitrogens with zero attached hydrogens (tertiary/aromatic N) is 4. The number of para-hydroxylation sites is 2. The van der Waals surface area contributed by atoms with Crippen molar-refractivity contribution >= 4 is 22.9 Å². The van der Waals surface area contributed by atoms with Crippen LogP contribution in [-0.2, 0) is 13.1 Å². The number of hydrogen-bond donors (Lipinski definition) is 0. The molecule has 0 amide bonds. The Labute approximate surface area is 180 Å². The van der Waals surface area contributed by atoms with Gasteiger partial charge in [0, 0.05) is 12.1 Å². The maximum absolute atomic E-state index is 12.4. The third-order valence-corrected chi connectivity index (χ3v) is 4.20. The molecule has 0 aliphatic heterocycles. The van der Waals surface area contributed by atoms with Crippen molar-refractivity contribution in [3.8, 4) is 0 Å². The van der Waals surface area contributed by atoms with Gasteiger partial charge >= 0.3 is 0 Å². The SMILES string of the molecule is O=C(Cn1cc[n+](CC(=O)c2ccccc2[N+](=O)[O-])c1)c1ccccc1[N+](=O)[O-].[Br-]. The van der Waals surface area contributed by atoms with Crippen molar-refractivity contribution in [2.45, 2.75) is 13.1 Å². The molecule has 0 fully saturated rings. The molecule has 0 spiro atoms. The predicted molar refractivity (Wildman–Crippen MR) is 99.5 cm³/mol.